The Hall–Kier alpha value is -1.17. The van der Waals surface area contributed by atoms with Crippen molar-refractivity contribution in [2.24, 2.45) is 0 Å². The lowest BCUT2D eigenvalue weighted by Gasteiger charge is -2.39. The Morgan fingerprint density at radius 1 is 0.586 bits per heavy atom. The van der Waals surface area contributed by atoms with Crippen LogP contribution < -0.4 is 0 Å². The van der Waals surface area contributed by atoms with E-state index in [4.69, 9.17) is 0 Å². The van der Waals surface area contributed by atoms with Crippen molar-refractivity contribution >= 4 is 0 Å². The molecule has 0 heterocycles. The average molecular weight is 474 g/mol. The van der Waals surface area contributed by atoms with Crippen LogP contribution in [-0.4, -0.2) is 55.2 Å². The highest BCUT2D eigenvalue weighted by Gasteiger charge is 2.67. The molecule has 0 rings (SSSR count). The molecular weight excluding hydrogens is 465 g/mol. The summed E-state index contributed by atoms with van der Waals surface area (Å²) in [7, 11) is 0. The molecule has 3 unspecified atom stereocenters. The number of rotatable bonds is 8. The van der Waals surface area contributed by atoms with E-state index in [0.29, 0.717) is 0 Å². The van der Waals surface area contributed by atoms with Crippen LogP contribution in [0.2, 0.25) is 0 Å². The quantitative estimate of drug-likeness (QED) is 0.337. The van der Waals surface area contributed by atoms with E-state index in [-0.39, 0.29) is 13.8 Å². The van der Waals surface area contributed by atoms with Gasteiger partial charge in [0.2, 0.25) is 0 Å². The van der Waals surface area contributed by atoms with Gasteiger partial charge in [0, 0.05) is 0 Å². The molecule has 0 bridgehead atoms. The highest BCUT2D eigenvalue weighted by molar-refractivity contribution is 4.97. The minimum Gasteiger partial charge on any atom is -0.332 e. The van der Waals surface area contributed by atoms with Crippen LogP contribution in [0, 0.1) is 0 Å². The molecule has 0 radical (unpaired) electrons. The fourth-order valence-corrected chi connectivity index (χ4v) is 1.40. The van der Waals surface area contributed by atoms with Gasteiger partial charge in [-0.05, 0) is 13.8 Å². The van der Waals surface area contributed by atoms with Gasteiger partial charge in [-0.2, -0.15) is 43.9 Å². The molecule has 0 aliphatic heterocycles. The van der Waals surface area contributed by atoms with Crippen molar-refractivity contribution in [1.29, 1.82) is 0 Å². The van der Waals surface area contributed by atoms with E-state index in [1.54, 1.807) is 0 Å². The van der Waals surface area contributed by atoms with Crippen molar-refractivity contribution < 1.29 is 80.1 Å². The van der Waals surface area contributed by atoms with Crippen LogP contribution in [0.3, 0.4) is 0 Å². The van der Waals surface area contributed by atoms with Gasteiger partial charge in [0.15, 0.2) is 0 Å². The zero-order valence-corrected chi connectivity index (χ0v) is 13.6. The van der Waals surface area contributed by atoms with Crippen LogP contribution in [0.4, 0.5) is 65.9 Å². The van der Waals surface area contributed by atoms with Gasteiger partial charge in [-0.1, -0.05) is 0 Å². The van der Waals surface area contributed by atoms with Gasteiger partial charge in [0.25, 0.3) is 18.8 Å². The van der Waals surface area contributed by atoms with Crippen molar-refractivity contribution in [2.75, 3.05) is 0 Å². The standard InChI is InChI=1S/C11H9F15O3/c1-6(2,7(14,15)3(12)8(16,17)18)28-5(9(19,20)21)29-10(22,23)4(13)27-11(24,25)26/h3-5H,1-2H3. The second-order valence-corrected chi connectivity index (χ2v) is 5.59. The summed E-state index contributed by atoms with van der Waals surface area (Å²) in [5.41, 5.74) is -4.20. The molecule has 0 spiro atoms. The fourth-order valence-electron chi connectivity index (χ4n) is 1.40. The van der Waals surface area contributed by atoms with Gasteiger partial charge < -0.3 is 4.74 Å². The molecular formula is C11H9F15O3. The number of hydrogen-bond acceptors (Lipinski definition) is 3. The lowest BCUT2D eigenvalue weighted by atomic mass is 9.95. The van der Waals surface area contributed by atoms with Crippen molar-refractivity contribution in [3.63, 3.8) is 0 Å². The van der Waals surface area contributed by atoms with Gasteiger partial charge >= 0.3 is 30.7 Å². The van der Waals surface area contributed by atoms with Crippen LogP contribution in [0.25, 0.3) is 0 Å². The number of ether oxygens (including phenoxy) is 3. The average Bonchev–Trinajstić information content (AvgIpc) is 2.41. The Morgan fingerprint density at radius 2 is 1.00 bits per heavy atom. The van der Waals surface area contributed by atoms with Crippen molar-refractivity contribution in [1.82, 2.24) is 0 Å². The lowest BCUT2D eigenvalue weighted by Crippen LogP contribution is -2.59. The molecule has 3 atom stereocenters. The lowest BCUT2D eigenvalue weighted by molar-refractivity contribution is -0.469. The Labute approximate surface area is 150 Å². The molecule has 0 aromatic rings. The molecule has 0 aliphatic rings. The zero-order valence-electron chi connectivity index (χ0n) is 13.6. The van der Waals surface area contributed by atoms with Gasteiger partial charge in [-0.3, -0.25) is 4.74 Å². The largest absolute Gasteiger partial charge is 0.525 e. The molecule has 0 amide bonds. The third-order valence-corrected chi connectivity index (χ3v) is 2.84. The van der Waals surface area contributed by atoms with Crippen LogP contribution in [0.15, 0.2) is 0 Å². The first-order valence-corrected chi connectivity index (χ1v) is 6.62. The number of halogens is 15. The maximum absolute atomic E-state index is 13.6. The summed E-state index contributed by atoms with van der Waals surface area (Å²) in [6, 6.07) is 0. The fraction of sp³-hybridized carbons (Fsp3) is 1.00. The second-order valence-electron chi connectivity index (χ2n) is 5.59. The van der Waals surface area contributed by atoms with Crippen molar-refractivity contribution in [3.05, 3.63) is 0 Å². The summed E-state index contributed by atoms with van der Waals surface area (Å²) in [6.45, 7) is -0.602. The third-order valence-electron chi connectivity index (χ3n) is 2.84. The summed E-state index contributed by atoms with van der Waals surface area (Å²) in [4.78, 5) is 0. The molecule has 176 valence electrons. The third kappa shape index (κ3) is 7.54. The predicted octanol–water partition coefficient (Wildman–Crippen LogP) is 5.65. The zero-order chi connectivity index (χ0) is 23.9. The molecule has 0 saturated carbocycles. The van der Waals surface area contributed by atoms with Gasteiger partial charge in [-0.15, -0.1) is 13.2 Å². The first-order chi connectivity index (χ1) is 12.3. The maximum Gasteiger partial charge on any atom is 0.525 e. The van der Waals surface area contributed by atoms with E-state index in [2.05, 4.69) is 14.2 Å². The van der Waals surface area contributed by atoms with Crippen LogP contribution in [0.5, 0.6) is 0 Å². The Balaban J connectivity index is 5.77. The van der Waals surface area contributed by atoms with Crippen LogP contribution >= 0.6 is 0 Å². The number of alkyl halides is 15. The summed E-state index contributed by atoms with van der Waals surface area (Å²) in [5.74, 6) is -5.86. The topological polar surface area (TPSA) is 27.7 Å². The first-order valence-electron chi connectivity index (χ1n) is 6.62. The highest BCUT2D eigenvalue weighted by Crippen LogP contribution is 2.45. The normalized spacial score (nSPS) is 18.5. The molecule has 18 heteroatoms. The molecule has 29 heavy (non-hydrogen) atoms. The summed E-state index contributed by atoms with van der Waals surface area (Å²) >= 11 is 0. The van der Waals surface area contributed by atoms with E-state index in [9.17, 15) is 65.9 Å². The Bertz CT molecular complexity index is 535. The summed E-state index contributed by atoms with van der Waals surface area (Å²) < 4.78 is 196. The molecule has 0 N–H and O–H groups in total. The van der Waals surface area contributed by atoms with Gasteiger partial charge in [0.1, 0.15) is 5.60 Å². The van der Waals surface area contributed by atoms with E-state index in [1.165, 1.54) is 0 Å². The van der Waals surface area contributed by atoms with Crippen LogP contribution in [-0.2, 0) is 14.2 Å². The Morgan fingerprint density at radius 3 is 1.31 bits per heavy atom. The molecule has 0 fully saturated rings. The first kappa shape index (κ1) is 27.8. The summed E-state index contributed by atoms with van der Waals surface area (Å²) in [6.07, 6.45) is -39.8. The smallest absolute Gasteiger partial charge is 0.332 e. The minimum atomic E-state index is -6.34. The minimum absolute atomic E-state index is 0.301. The molecule has 0 aromatic heterocycles. The van der Waals surface area contributed by atoms with E-state index < -0.39 is 55.2 Å². The highest BCUT2D eigenvalue weighted by atomic mass is 19.4. The molecule has 0 saturated heterocycles. The molecule has 0 aliphatic carbocycles. The Kier molecular flexibility index (Phi) is 7.83. The molecule has 0 aromatic carbocycles. The van der Waals surface area contributed by atoms with E-state index >= 15 is 0 Å². The van der Waals surface area contributed by atoms with E-state index in [1.807, 2.05) is 0 Å². The molecule has 3 nitrogen and oxygen atoms in total. The second kappa shape index (κ2) is 8.16. The maximum atomic E-state index is 13.6. The predicted molar refractivity (Wildman–Crippen MR) is 59.0 cm³/mol. The number of hydrogen-bond donors (Lipinski definition) is 0. The monoisotopic (exact) mass is 474 g/mol. The van der Waals surface area contributed by atoms with Gasteiger partial charge in [-0.25, -0.2) is 13.5 Å². The van der Waals surface area contributed by atoms with Gasteiger partial charge in [0.05, 0.1) is 0 Å². The van der Waals surface area contributed by atoms with Crippen molar-refractivity contribution in [2.45, 2.75) is 69.0 Å². The van der Waals surface area contributed by atoms with Crippen molar-refractivity contribution in [3.8, 4) is 0 Å². The summed E-state index contributed by atoms with van der Waals surface area (Å²) in [5, 5.41) is 0. The van der Waals surface area contributed by atoms with E-state index in [0.717, 1.165) is 0 Å². The SMILES string of the molecule is CC(C)(OC(OC(F)(F)C(F)OC(F)(F)F)C(F)(F)F)C(F)(F)C(F)C(F)(F)F. The van der Waals surface area contributed by atoms with Crippen LogP contribution in [0.1, 0.15) is 13.8 Å².